The van der Waals surface area contributed by atoms with Gasteiger partial charge in [-0.15, -0.1) is 0 Å². The second-order valence-corrected chi connectivity index (χ2v) is 5.57. The largest absolute Gasteiger partial charge is 0.339 e. The molecule has 1 aromatic heterocycles. The molecule has 0 saturated heterocycles. The Morgan fingerprint density at radius 3 is 2.86 bits per heavy atom. The molecule has 1 aliphatic rings. The van der Waals surface area contributed by atoms with Gasteiger partial charge in [0.2, 0.25) is 11.7 Å². The van der Waals surface area contributed by atoms with E-state index in [-0.39, 0.29) is 11.2 Å². The topological polar surface area (TPSA) is 108 Å². The van der Waals surface area contributed by atoms with Crippen LogP contribution in [0.3, 0.4) is 0 Å². The summed E-state index contributed by atoms with van der Waals surface area (Å²) in [5, 5.41) is 14.7. The smallest absolute Gasteiger partial charge is 0.270 e. The van der Waals surface area contributed by atoms with Gasteiger partial charge in [-0.3, -0.25) is 10.1 Å². The standard InChI is InChI=1S/C14H16N4O3/c15-14(6-1-2-7-14)9-12-16-13(17-21-12)10-4-3-5-11(8-10)18(19)20/h3-5,8H,1-2,6-7,9,15H2. The Hall–Kier alpha value is -2.28. The molecule has 7 heteroatoms. The van der Waals surface area contributed by atoms with Crippen molar-refractivity contribution in [2.24, 2.45) is 5.73 Å². The lowest BCUT2D eigenvalue weighted by Gasteiger charge is -2.20. The van der Waals surface area contributed by atoms with Crippen LogP contribution in [0.15, 0.2) is 28.8 Å². The molecule has 0 radical (unpaired) electrons. The zero-order valence-electron chi connectivity index (χ0n) is 11.5. The van der Waals surface area contributed by atoms with Gasteiger partial charge in [-0.2, -0.15) is 4.98 Å². The van der Waals surface area contributed by atoms with E-state index in [0.29, 0.717) is 23.7 Å². The maximum Gasteiger partial charge on any atom is 0.270 e. The van der Waals surface area contributed by atoms with Crippen LogP contribution in [0.2, 0.25) is 0 Å². The van der Waals surface area contributed by atoms with Crippen molar-refractivity contribution in [3.63, 3.8) is 0 Å². The SMILES string of the molecule is NC1(Cc2nc(-c3cccc([N+](=O)[O-])c3)no2)CCCC1. The number of nitro benzene ring substituents is 1. The number of hydrogen-bond acceptors (Lipinski definition) is 6. The van der Waals surface area contributed by atoms with Crippen LogP contribution >= 0.6 is 0 Å². The van der Waals surface area contributed by atoms with Crippen molar-refractivity contribution in [2.75, 3.05) is 0 Å². The molecule has 0 atom stereocenters. The van der Waals surface area contributed by atoms with E-state index in [4.69, 9.17) is 10.3 Å². The summed E-state index contributed by atoms with van der Waals surface area (Å²) in [6, 6.07) is 6.18. The van der Waals surface area contributed by atoms with E-state index in [0.717, 1.165) is 25.7 Å². The first-order valence-corrected chi connectivity index (χ1v) is 6.92. The third-order valence-electron chi connectivity index (χ3n) is 3.89. The van der Waals surface area contributed by atoms with Gasteiger partial charge in [0.25, 0.3) is 5.69 Å². The van der Waals surface area contributed by atoms with Crippen LogP contribution in [-0.2, 0) is 6.42 Å². The first kappa shape index (κ1) is 13.7. The van der Waals surface area contributed by atoms with Gasteiger partial charge in [0.05, 0.1) is 4.92 Å². The van der Waals surface area contributed by atoms with Crippen LogP contribution in [0, 0.1) is 10.1 Å². The fraction of sp³-hybridized carbons (Fsp3) is 0.429. The third kappa shape index (κ3) is 2.92. The number of nitrogens with zero attached hydrogens (tertiary/aromatic N) is 3. The number of rotatable bonds is 4. The molecule has 7 nitrogen and oxygen atoms in total. The lowest BCUT2D eigenvalue weighted by Crippen LogP contribution is -2.38. The summed E-state index contributed by atoms with van der Waals surface area (Å²) >= 11 is 0. The highest BCUT2D eigenvalue weighted by molar-refractivity contribution is 5.58. The summed E-state index contributed by atoms with van der Waals surface area (Å²) in [6.07, 6.45) is 4.72. The lowest BCUT2D eigenvalue weighted by molar-refractivity contribution is -0.384. The van der Waals surface area contributed by atoms with Gasteiger partial charge >= 0.3 is 0 Å². The highest BCUT2D eigenvalue weighted by atomic mass is 16.6. The molecule has 21 heavy (non-hydrogen) atoms. The van der Waals surface area contributed by atoms with Crippen molar-refractivity contribution in [1.82, 2.24) is 10.1 Å². The van der Waals surface area contributed by atoms with Gasteiger partial charge < -0.3 is 10.3 Å². The summed E-state index contributed by atoms with van der Waals surface area (Å²) in [5.41, 5.74) is 6.60. The van der Waals surface area contributed by atoms with Crippen molar-refractivity contribution >= 4 is 5.69 Å². The van der Waals surface area contributed by atoms with Crippen molar-refractivity contribution in [1.29, 1.82) is 0 Å². The second-order valence-electron chi connectivity index (χ2n) is 5.57. The third-order valence-corrected chi connectivity index (χ3v) is 3.89. The summed E-state index contributed by atoms with van der Waals surface area (Å²) in [4.78, 5) is 14.6. The molecule has 1 heterocycles. The predicted octanol–water partition coefficient (Wildman–Crippen LogP) is 2.46. The molecule has 1 aromatic carbocycles. The molecule has 3 rings (SSSR count). The zero-order valence-corrected chi connectivity index (χ0v) is 11.5. The van der Waals surface area contributed by atoms with E-state index in [1.54, 1.807) is 12.1 Å². The van der Waals surface area contributed by atoms with Crippen molar-refractivity contribution in [3.8, 4) is 11.4 Å². The Morgan fingerprint density at radius 2 is 2.14 bits per heavy atom. The average Bonchev–Trinajstić information content (AvgIpc) is 3.09. The molecule has 0 amide bonds. The van der Waals surface area contributed by atoms with Crippen molar-refractivity contribution in [2.45, 2.75) is 37.6 Å². The number of hydrogen-bond donors (Lipinski definition) is 1. The quantitative estimate of drug-likeness (QED) is 0.683. The summed E-state index contributed by atoms with van der Waals surface area (Å²) in [7, 11) is 0. The number of nitro groups is 1. The molecule has 0 spiro atoms. The Morgan fingerprint density at radius 1 is 1.38 bits per heavy atom. The molecular weight excluding hydrogens is 272 g/mol. The number of aromatic nitrogens is 2. The first-order chi connectivity index (χ1) is 10.1. The maximum atomic E-state index is 10.8. The monoisotopic (exact) mass is 288 g/mol. The molecule has 2 N–H and O–H groups in total. The van der Waals surface area contributed by atoms with Crippen LogP contribution in [0.5, 0.6) is 0 Å². The number of nitrogens with two attached hydrogens (primary N) is 1. The predicted molar refractivity (Wildman–Crippen MR) is 75.5 cm³/mol. The van der Waals surface area contributed by atoms with E-state index >= 15 is 0 Å². The van der Waals surface area contributed by atoms with Crippen LogP contribution in [-0.4, -0.2) is 20.6 Å². The van der Waals surface area contributed by atoms with Gasteiger partial charge in [0.15, 0.2) is 0 Å². The number of non-ortho nitro benzene ring substituents is 1. The summed E-state index contributed by atoms with van der Waals surface area (Å²) in [5.74, 6) is 0.844. The minimum Gasteiger partial charge on any atom is -0.339 e. The molecule has 2 aromatic rings. The molecule has 1 fully saturated rings. The molecular formula is C14H16N4O3. The normalized spacial score (nSPS) is 17.0. The maximum absolute atomic E-state index is 10.8. The summed E-state index contributed by atoms with van der Waals surface area (Å²) in [6.45, 7) is 0. The zero-order chi connectivity index (χ0) is 14.9. The summed E-state index contributed by atoms with van der Waals surface area (Å²) < 4.78 is 5.24. The molecule has 0 aliphatic heterocycles. The minimum absolute atomic E-state index is 0.00457. The minimum atomic E-state index is -0.447. The van der Waals surface area contributed by atoms with Crippen LogP contribution in [0.1, 0.15) is 31.6 Å². The fourth-order valence-corrected chi connectivity index (χ4v) is 2.76. The Labute approximate surface area is 121 Å². The van der Waals surface area contributed by atoms with Gasteiger partial charge in [-0.25, -0.2) is 0 Å². The highest BCUT2D eigenvalue weighted by Crippen LogP contribution is 2.30. The molecule has 1 aliphatic carbocycles. The Balaban J connectivity index is 1.81. The second kappa shape index (κ2) is 5.25. The van der Waals surface area contributed by atoms with E-state index in [9.17, 15) is 10.1 Å². The van der Waals surface area contributed by atoms with E-state index in [1.807, 2.05) is 0 Å². The Bertz CT molecular complexity index is 662. The van der Waals surface area contributed by atoms with E-state index in [1.165, 1.54) is 12.1 Å². The van der Waals surface area contributed by atoms with E-state index in [2.05, 4.69) is 10.1 Å². The van der Waals surface area contributed by atoms with Crippen molar-refractivity contribution < 1.29 is 9.45 Å². The Kier molecular flexibility index (Phi) is 3.42. The molecule has 1 saturated carbocycles. The lowest BCUT2D eigenvalue weighted by atomic mass is 9.95. The first-order valence-electron chi connectivity index (χ1n) is 6.92. The van der Waals surface area contributed by atoms with Gasteiger partial charge in [0, 0.05) is 29.7 Å². The molecule has 0 unspecified atom stereocenters. The van der Waals surface area contributed by atoms with Crippen LogP contribution < -0.4 is 5.73 Å². The van der Waals surface area contributed by atoms with E-state index < -0.39 is 4.92 Å². The number of benzene rings is 1. The molecule has 110 valence electrons. The van der Waals surface area contributed by atoms with Gasteiger partial charge in [-0.1, -0.05) is 30.1 Å². The van der Waals surface area contributed by atoms with Crippen molar-refractivity contribution in [3.05, 3.63) is 40.3 Å². The van der Waals surface area contributed by atoms with Crippen LogP contribution in [0.4, 0.5) is 5.69 Å². The van der Waals surface area contributed by atoms with Crippen LogP contribution in [0.25, 0.3) is 11.4 Å². The average molecular weight is 288 g/mol. The molecule has 0 bridgehead atoms. The van der Waals surface area contributed by atoms with Gasteiger partial charge in [-0.05, 0) is 12.8 Å². The van der Waals surface area contributed by atoms with Gasteiger partial charge in [0.1, 0.15) is 0 Å². The fourth-order valence-electron chi connectivity index (χ4n) is 2.76. The highest BCUT2D eigenvalue weighted by Gasteiger charge is 2.31.